The molecule has 3 heterocycles. The maximum atomic E-state index is 13.4. The lowest BCUT2D eigenvalue weighted by Gasteiger charge is -2.15. The van der Waals surface area contributed by atoms with E-state index in [2.05, 4.69) is 25.2 Å². The highest BCUT2D eigenvalue weighted by Crippen LogP contribution is 2.35. The zero-order valence-corrected chi connectivity index (χ0v) is 19.7. The first-order valence-electron chi connectivity index (χ1n) is 10.2. The summed E-state index contributed by atoms with van der Waals surface area (Å²) in [5.74, 6) is -0.431. The summed E-state index contributed by atoms with van der Waals surface area (Å²) in [5, 5.41) is 4.80. The van der Waals surface area contributed by atoms with Gasteiger partial charge in [0, 0.05) is 18.0 Å². The number of oxazole rings is 1. The molecule has 32 heavy (non-hydrogen) atoms. The lowest BCUT2D eigenvalue weighted by atomic mass is 10.2. The zero-order valence-electron chi connectivity index (χ0n) is 18.1. The molecule has 1 amide bonds. The molecule has 0 radical (unpaired) electrons. The first-order chi connectivity index (χ1) is 15.4. The van der Waals surface area contributed by atoms with Crippen molar-refractivity contribution in [3.05, 3.63) is 34.5 Å². The number of pyridine rings is 1. The van der Waals surface area contributed by atoms with Gasteiger partial charge in [-0.1, -0.05) is 6.92 Å². The molecule has 0 spiro atoms. The van der Waals surface area contributed by atoms with Gasteiger partial charge in [-0.05, 0) is 38.9 Å². The van der Waals surface area contributed by atoms with Gasteiger partial charge in [0.05, 0.1) is 24.5 Å². The Morgan fingerprint density at radius 1 is 1.34 bits per heavy atom. The summed E-state index contributed by atoms with van der Waals surface area (Å²) in [4.78, 5) is 27.2. The minimum Gasteiger partial charge on any atom is -0.450 e. The molecule has 8 nitrogen and oxygen atoms in total. The fourth-order valence-corrected chi connectivity index (χ4v) is 3.77. The first-order valence-corrected chi connectivity index (χ1v) is 11.6. The molecule has 0 saturated heterocycles. The van der Waals surface area contributed by atoms with E-state index < -0.39 is 5.82 Å². The standard InChI is InChI=1S/C21H25ClFN5O3S/c1-4-28(12-22)8-5-9-30-21-27-17(15-7-6-14(23)10-24-15)18(31-21)16-11-32-20(26-16)19(29)25-13(2)3/h6-7,10-11,13H,4-5,8-9,12H2,1-3H3,(H,25,29). The molecular weight excluding hydrogens is 457 g/mol. The van der Waals surface area contributed by atoms with E-state index >= 15 is 0 Å². The topological polar surface area (TPSA) is 93.4 Å². The number of carbonyl (C=O) groups excluding carboxylic acids is 1. The minimum absolute atomic E-state index is 0.0125. The van der Waals surface area contributed by atoms with Crippen LogP contribution < -0.4 is 10.1 Å². The van der Waals surface area contributed by atoms with Gasteiger partial charge in [0.15, 0.2) is 10.8 Å². The van der Waals surface area contributed by atoms with E-state index in [0.717, 1.165) is 25.7 Å². The highest BCUT2D eigenvalue weighted by molar-refractivity contribution is 7.12. The van der Waals surface area contributed by atoms with E-state index in [-0.39, 0.29) is 18.0 Å². The van der Waals surface area contributed by atoms with Crippen molar-refractivity contribution in [2.45, 2.75) is 33.2 Å². The van der Waals surface area contributed by atoms with Gasteiger partial charge in [-0.15, -0.1) is 22.9 Å². The molecule has 0 aliphatic carbocycles. The van der Waals surface area contributed by atoms with Crippen molar-refractivity contribution in [1.82, 2.24) is 25.2 Å². The van der Waals surface area contributed by atoms with Gasteiger partial charge < -0.3 is 14.5 Å². The third-order valence-corrected chi connectivity index (χ3v) is 5.57. The van der Waals surface area contributed by atoms with E-state index in [1.54, 1.807) is 5.38 Å². The summed E-state index contributed by atoms with van der Waals surface area (Å²) in [6, 6.07) is 3.23. The third-order valence-electron chi connectivity index (χ3n) is 4.39. The highest BCUT2D eigenvalue weighted by atomic mass is 35.5. The zero-order chi connectivity index (χ0) is 23.1. The molecule has 11 heteroatoms. The SMILES string of the molecule is CCN(CCl)CCCOc1nc(-c2ccc(F)cn2)c(-c2csc(C(=O)NC(C)C)n2)o1. The van der Waals surface area contributed by atoms with Gasteiger partial charge in [0.25, 0.3) is 5.91 Å². The number of amides is 1. The molecule has 0 fully saturated rings. The number of thiazole rings is 1. The van der Waals surface area contributed by atoms with Crippen molar-refractivity contribution in [2.24, 2.45) is 0 Å². The molecule has 0 saturated carbocycles. The number of nitrogens with one attached hydrogen (secondary N) is 1. The first kappa shape index (κ1) is 24.1. The van der Waals surface area contributed by atoms with Crippen LogP contribution >= 0.6 is 22.9 Å². The van der Waals surface area contributed by atoms with Crippen LogP contribution in [0.25, 0.3) is 22.8 Å². The number of halogens is 2. The molecule has 0 aliphatic rings. The van der Waals surface area contributed by atoms with Gasteiger partial charge in [0.2, 0.25) is 0 Å². The molecule has 0 unspecified atom stereocenters. The van der Waals surface area contributed by atoms with Crippen LogP contribution in [0.3, 0.4) is 0 Å². The summed E-state index contributed by atoms with van der Waals surface area (Å²) in [5.41, 5.74) is 1.18. The third kappa shape index (κ3) is 6.24. The molecule has 172 valence electrons. The summed E-state index contributed by atoms with van der Waals surface area (Å²) < 4.78 is 24.9. The number of hydrogen-bond donors (Lipinski definition) is 1. The molecule has 0 aliphatic heterocycles. The van der Waals surface area contributed by atoms with Crippen LogP contribution in [0.4, 0.5) is 4.39 Å². The Bertz CT molecular complexity index is 1020. The fourth-order valence-electron chi connectivity index (χ4n) is 2.78. The van der Waals surface area contributed by atoms with Crippen LogP contribution in [0.1, 0.15) is 37.0 Å². The number of aromatic nitrogens is 3. The second-order valence-corrected chi connectivity index (χ2v) is 8.31. The summed E-state index contributed by atoms with van der Waals surface area (Å²) in [7, 11) is 0. The normalized spacial score (nSPS) is 11.3. The quantitative estimate of drug-likeness (QED) is 0.246. The molecule has 3 aromatic heterocycles. The van der Waals surface area contributed by atoms with E-state index in [1.807, 2.05) is 20.8 Å². The van der Waals surface area contributed by atoms with Crippen LogP contribution in [0, 0.1) is 5.82 Å². The number of hydrogen-bond acceptors (Lipinski definition) is 8. The number of carbonyl (C=O) groups is 1. The van der Waals surface area contributed by atoms with Gasteiger partial charge in [0.1, 0.15) is 17.2 Å². The van der Waals surface area contributed by atoms with E-state index in [4.69, 9.17) is 20.8 Å². The van der Waals surface area contributed by atoms with Gasteiger partial charge in [-0.25, -0.2) is 9.37 Å². The Balaban J connectivity index is 1.83. The predicted octanol–water partition coefficient (Wildman–Crippen LogP) is 4.42. The van der Waals surface area contributed by atoms with Crippen molar-refractivity contribution in [1.29, 1.82) is 0 Å². The summed E-state index contributed by atoms with van der Waals surface area (Å²) in [6.45, 7) is 7.79. The average molecular weight is 482 g/mol. The average Bonchev–Trinajstić information content (AvgIpc) is 3.41. The Morgan fingerprint density at radius 3 is 2.81 bits per heavy atom. The Kier molecular flexibility index (Phi) is 8.54. The highest BCUT2D eigenvalue weighted by Gasteiger charge is 2.23. The number of alkyl halides is 1. The fraction of sp³-hybridized carbons (Fsp3) is 0.429. The second-order valence-electron chi connectivity index (χ2n) is 7.22. The van der Waals surface area contributed by atoms with Crippen molar-refractivity contribution >= 4 is 28.8 Å². The number of nitrogens with zero attached hydrogens (tertiary/aromatic N) is 4. The molecule has 0 bridgehead atoms. The maximum absolute atomic E-state index is 13.4. The van der Waals surface area contributed by atoms with Crippen molar-refractivity contribution in [3.63, 3.8) is 0 Å². The maximum Gasteiger partial charge on any atom is 0.394 e. The van der Waals surface area contributed by atoms with Gasteiger partial charge in [-0.3, -0.25) is 14.7 Å². The monoisotopic (exact) mass is 481 g/mol. The number of ether oxygens (including phenoxy) is 1. The van der Waals surface area contributed by atoms with Crippen molar-refractivity contribution in [2.75, 3.05) is 25.7 Å². The summed E-state index contributed by atoms with van der Waals surface area (Å²) >= 11 is 7.06. The van der Waals surface area contributed by atoms with Crippen LogP contribution in [-0.4, -0.2) is 57.5 Å². The Morgan fingerprint density at radius 2 is 2.16 bits per heavy atom. The smallest absolute Gasteiger partial charge is 0.394 e. The Labute approximate surface area is 194 Å². The van der Waals surface area contributed by atoms with Crippen LogP contribution in [0.2, 0.25) is 0 Å². The second kappa shape index (κ2) is 11.3. The lowest BCUT2D eigenvalue weighted by molar-refractivity contribution is 0.0943. The summed E-state index contributed by atoms with van der Waals surface area (Å²) in [6.07, 6.45) is 1.89. The van der Waals surface area contributed by atoms with E-state index in [9.17, 15) is 9.18 Å². The van der Waals surface area contributed by atoms with Crippen molar-refractivity contribution in [3.8, 4) is 28.9 Å². The molecule has 0 atom stereocenters. The van der Waals surface area contributed by atoms with Crippen LogP contribution in [0.15, 0.2) is 28.1 Å². The number of rotatable bonds is 11. The lowest BCUT2D eigenvalue weighted by Crippen LogP contribution is -2.29. The van der Waals surface area contributed by atoms with Crippen LogP contribution in [0.5, 0.6) is 6.08 Å². The minimum atomic E-state index is -0.462. The van der Waals surface area contributed by atoms with E-state index in [1.165, 1.54) is 23.5 Å². The Hall–Kier alpha value is -2.56. The molecule has 1 N–H and O–H groups in total. The predicted molar refractivity (Wildman–Crippen MR) is 121 cm³/mol. The van der Waals surface area contributed by atoms with Crippen LogP contribution in [-0.2, 0) is 0 Å². The molecular formula is C21H25ClFN5O3S. The van der Waals surface area contributed by atoms with E-state index in [0.29, 0.717) is 40.5 Å². The van der Waals surface area contributed by atoms with Crippen molar-refractivity contribution < 1.29 is 18.3 Å². The molecule has 3 rings (SSSR count). The molecule has 0 aromatic carbocycles. The largest absolute Gasteiger partial charge is 0.450 e. The molecule has 3 aromatic rings. The van der Waals surface area contributed by atoms with Gasteiger partial charge in [-0.2, -0.15) is 4.98 Å². The van der Waals surface area contributed by atoms with Gasteiger partial charge >= 0.3 is 6.08 Å².